The van der Waals surface area contributed by atoms with Crippen LogP contribution in [0, 0.1) is 0 Å². The van der Waals surface area contributed by atoms with E-state index in [-0.39, 0.29) is 40.7 Å². The summed E-state index contributed by atoms with van der Waals surface area (Å²) in [6.07, 6.45) is 1.78. The van der Waals surface area contributed by atoms with Gasteiger partial charge in [-0.05, 0) is 50.6 Å². The minimum absolute atomic E-state index is 0.0818. The topological polar surface area (TPSA) is 118 Å². The lowest BCUT2D eigenvalue weighted by Gasteiger charge is -2.20. The van der Waals surface area contributed by atoms with Crippen molar-refractivity contribution in [3.63, 3.8) is 0 Å². The minimum Gasteiger partial charge on any atom is -0.489 e. The first-order valence-corrected chi connectivity index (χ1v) is 12.0. The summed E-state index contributed by atoms with van der Waals surface area (Å²) in [6, 6.07) is 7.62. The van der Waals surface area contributed by atoms with E-state index >= 15 is 0 Å². The molecule has 2 amide bonds. The molecule has 0 bridgehead atoms. The summed E-state index contributed by atoms with van der Waals surface area (Å²) in [7, 11) is -3.69. The molecule has 1 aromatic heterocycles. The monoisotopic (exact) mass is 465 g/mol. The van der Waals surface area contributed by atoms with Gasteiger partial charge < -0.3 is 19.8 Å². The van der Waals surface area contributed by atoms with E-state index in [1.54, 1.807) is 32.0 Å². The van der Waals surface area contributed by atoms with Crippen molar-refractivity contribution in [2.75, 3.05) is 25.0 Å². The van der Waals surface area contributed by atoms with Gasteiger partial charge in [-0.1, -0.05) is 13.8 Å². The number of hydrogen-bond acceptors (Lipinski definition) is 6. The van der Waals surface area contributed by atoms with Gasteiger partial charge in [0, 0.05) is 26.1 Å². The zero-order valence-electron chi connectivity index (χ0n) is 18.9. The van der Waals surface area contributed by atoms with Gasteiger partial charge in [-0.15, -0.1) is 0 Å². The summed E-state index contributed by atoms with van der Waals surface area (Å²) in [5, 5.41) is 5.41. The molecule has 2 rings (SSSR count). The Labute approximate surface area is 189 Å². The second-order valence-electron chi connectivity index (χ2n) is 7.30. The number of benzene rings is 1. The number of nitrogens with one attached hydrogen (secondary N) is 2. The standard InChI is InChI=1S/C22H31N3O6S/c1-5-25(6-2)32(28,29)17-11-12-19(31-16(3)4)18(15-17)24-21(26)10-7-13-23-22(27)20-9-8-14-30-20/h8-9,11-12,14-16H,5-7,10,13H2,1-4H3,(H,23,27)(H,24,26). The molecule has 10 heteroatoms. The third-order valence-electron chi connectivity index (χ3n) is 4.54. The van der Waals surface area contributed by atoms with Gasteiger partial charge in [-0.25, -0.2) is 8.42 Å². The van der Waals surface area contributed by atoms with Crippen molar-refractivity contribution in [3.05, 3.63) is 42.4 Å². The molecule has 0 aliphatic rings. The molecule has 0 unspecified atom stereocenters. The zero-order valence-corrected chi connectivity index (χ0v) is 19.7. The Hall–Kier alpha value is -2.85. The predicted molar refractivity (Wildman–Crippen MR) is 121 cm³/mol. The molecule has 0 spiro atoms. The third-order valence-corrected chi connectivity index (χ3v) is 6.59. The van der Waals surface area contributed by atoms with E-state index in [1.165, 1.54) is 22.7 Å². The van der Waals surface area contributed by atoms with E-state index in [2.05, 4.69) is 10.6 Å². The summed E-state index contributed by atoms with van der Waals surface area (Å²) < 4.78 is 37.8. The molecule has 0 fully saturated rings. The van der Waals surface area contributed by atoms with Crippen LogP contribution in [0.4, 0.5) is 5.69 Å². The molecular weight excluding hydrogens is 434 g/mol. The highest BCUT2D eigenvalue weighted by Crippen LogP contribution is 2.30. The van der Waals surface area contributed by atoms with E-state index in [9.17, 15) is 18.0 Å². The second-order valence-corrected chi connectivity index (χ2v) is 9.24. The van der Waals surface area contributed by atoms with Crippen LogP contribution in [-0.4, -0.2) is 50.3 Å². The fraction of sp³-hybridized carbons (Fsp3) is 0.455. The highest BCUT2D eigenvalue weighted by molar-refractivity contribution is 7.89. The van der Waals surface area contributed by atoms with Crippen LogP contribution in [0.5, 0.6) is 5.75 Å². The van der Waals surface area contributed by atoms with Crippen molar-refractivity contribution >= 4 is 27.5 Å². The minimum atomic E-state index is -3.69. The molecule has 0 aliphatic heterocycles. The first-order chi connectivity index (χ1) is 15.2. The Kier molecular flexibility index (Phi) is 9.27. The number of nitrogens with zero attached hydrogens (tertiary/aromatic N) is 1. The number of hydrogen-bond donors (Lipinski definition) is 2. The Morgan fingerprint density at radius 2 is 1.88 bits per heavy atom. The number of carbonyl (C=O) groups excluding carboxylic acids is 2. The van der Waals surface area contributed by atoms with Gasteiger partial charge in [0.05, 0.1) is 22.9 Å². The van der Waals surface area contributed by atoms with Crippen molar-refractivity contribution in [2.24, 2.45) is 0 Å². The Morgan fingerprint density at radius 1 is 1.16 bits per heavy atom. The molecule has 1 heterocycles. The van der Waals surface area contributed by atoms with E-state index in [0.717, 1.165) is 0 Å². The van der Waals surface area contributed by atoms with Crippen LogP contribution in [0.25, 0.3) is 0 Å². The molecule has 0 atom stereocenters. The lowest BCUT2D eigenvalue weighted by Crippen LogP contribution is -2.30. The molecule has 0 saturated heterocycles. The highest BCUT2D eigenvalue weighted by Gasteiger charge is 2.23. The van der Waals surface area contributed by atoms with Gasteiger partial charge in [0.15, 0.2) is 5.76 Å². The number of rotatable bonds is 12. The summed E-state index contributed by atoms with van der Waals surface area (Å²) in [5.41, 5.74) is 0.288. The van der Waals surface area contributed by atoms with E-state index in [0.29, 0.717) is 31.8 Å². The average Bonchev–Trinajstić information content (AvgIpc) is 3.27. The van der Waals surface area contributed by atoms with E-state index in [4.69, 9.17) is 9.15 Å². The number of amides is 2. The average molecular weight is 466 g/mol. The summed E-state index contributed by atoms with van der Waals surface area (Å²) in [4.78, 5) is 24.4. The van der Waals surface area contributed by atoms with Crippen molar-refractivity contribution in [1.82, 2.24) is 9.62 Å². The van der Waals surface area contributed by atoms with Gasteiger partial charge in [0.25, 0.3) is 5.91 Å². The molecular formula is C22H31N3O6S. The van der Waals surface area contributed by atoms with Gasteiger partial charge >= 0.3 is 0 Å². The van der Waals surface area contributed by atoms with Gasteiger partial charge in [0.1, 0.15) is 5.75 Å². The Bertz CT molecular complexity index is 999. The maximum absolute atomic E-state index is 12.9. The van der Waals surface area contributed by atoms with Crippen LogP contribution in [0.15, 0.2) is 45.9 Å². The van der Waals surface area contributed by atoms with E-state index in [1.807, 2.05) is 13.8 Å². The van der Waals surface area contributed by atoms with Gasteiger partial charge in [-0.2, -0.15) is 4.31 Å². The first kappa shape index (κ1) is 25.4. The summed E-state index contributed by atoms with van der Waals surface area (Å²) >= 11 is 0. The third kappa shape index (κ3) is 6.83. The van der Waals surface area contributed by atoms with E-state index < -0.39 is 10.0 Å². The molecule has 2 aromatic rings. The van der Waals surface area contributed by atoms with Crippen LogP contribution >= 0.6 is 0 Å². The molecule has 2 N–H and O–H groups in total. The number of anilines is 1. The molecule has 9 nitrogen and oxygen atoms in total. The second kappa shape index (κ2) is 11.7. The largest absolute Gasteiger partial charge is 0.489 e. The number of ether oxygens (including phenoxy) is 1. The molecule has 1 aromatic carbocycles. The summed E-state index contributed by atoms with van der Waals surface area (Å²) in [5.74, 6) is -0.0743. The maximum atomic E-state index is 12.9. The number of carbonyl (C=O) groups is 2. The maximum Gasteiger partial charge on any atom is 0.286 e. The first-order valence-electron chi connectivity index (χ1n) is 10.6. The predicted octanol–water partition coefficient (Wildman–Crippen LogP) is 3.25. The van der Waals surface area contributed by atoms with Crippen LogP contribution in [0.2, 0.25) is 0 Å². The highest BCUT2D eigenvalue weighted by atomic mass is 32.2. The van der Waals surface area contributed by atoms with Crippen molar-refractivity contribution in [3.8, 4) is 5.75 Å². The number of furan rings is 1. The van der Waals surface area contributed by atoms with Crippen molar-refractivity contribution in [2.45, 2.75) is 51.5 Å². The molecule has 32 heavy (non-hydrogen) atoms. The number of sulfonamides is 1. The lowest BCUT2D eigenvalue weighted by molar-refractivity contribution is -0.116. The van der Waals surface area contributed by atoms with Gasteiger partial charge in [0.2, 0.25) is 15.9 Å². The Morgan fingerprint density at radius 3 is 2.47 bits per heavy atom. The molecule has 0 saturated carbocycles. The SMILES string of the molecule is CCN(CC)S(=O)(=O)c1ccc(OC(C)C)c(NC(=O)CCCNC(=O)c2ccco2)c1. The van der Waals surface area contributed by atoms with Crippen molar-refractivity contribution in [1.29, 1.82) is 0 Å². The quantitative estimate of drug-likeness (QED) is 0.465. The lowest BCUT2D eigenvalue weighted by atomic mass is 10.2. The van der Waals surface area contributed by atoms with Crippen LogP contribution in [-0.2, 0) is 14.8 Å². The summed E-state index contributed by atoms with van der Waals surface area (Å²) in [6.45, 7) is 8.19. The molecule has 0 radical (unpaired) electrons. The van der Waals surface area contributed by atoms with Gasteiger partial charge in [-0.3, -0.25) is 9.59 Å². The fourth-order valence-electron chi connectivity index (χ4n) is 2.99. The van der Waals surface area contributed by atoms with Crippen LogP contribution < -0.4 is 15.4 Å². The van der Waals surface area contributed by atoms with Crippen molar-refractivity contribution < 1.29 is 27.2 Å². The zero-order chi connectivity index (χ0) is 23.7. The van der Waals surface area contributed by atoms with Crippen LogP contribution in [0.1, 0.15) is 51.1 Å². The molecule has 176 valence electrons. The normalized spacial score (nSPS) is 11.6. The Balaban J connectivity index is 2.06. The fourth-order valence-corrected chi connectivity index (χ4v) is 4.48. The molecule has 0 aliphatic carbocycles. The smallest absolute Gasteiger partial charge is 0.286 e. The van der Waals surface area contributed by atoms with Crippen LogP contribution in [0.3, 0.4) is 0 Å².